The van der Waals surface area contributed by atoms with Crippen molar-refractivity contribution < 1.29 is 44.3 Å². The summed E-state index contributed by atoms with van der Waals surface area (Å²) in [5.41, 5.74) is -0.597. The summed E-state index contributed by atoms with van der Waals surface area (Å²) in [4.78, 5) is 18.0. The first-order valence-corrected chi connectivity index (χ1v) is 11.9. The van der Waals surface area contributed by atoms with E-state index in [4.69, 9.17) is 0 Å². The third-order valence-corrected chi connectivity index (χ3v) is 6.85. The van der Waals surface area contributed by atoms with Gasteiger partial charge in [0.25, 0.3) is 5.91 Å². The molecule has 0 aromatic carbocycles. The molecule has 4 heterocycles. The van der Waals surface area contributed by atoms with Crippen LogP contribution in [0, 0.1) is 0 Å². The molecule has 194 valence electrons. The number of alkyl halides is 6. The quantitative estimate of drug-likeness (QED) is 0.421. The van der Waals surface area contributed by atoms with Gasteiger partial charge in [-0.1, -0.05) is 6.92 Å². The highest BCUT2D eigenvalue weighted by molar-refractivity contribution is 7.91. The topological polar surface area (TPSA) is 120 Å². The number of carbonyl (C=O) groups is 1. The average molecular weight is 538 g/mol. The Hall–Kier alpha value is -3.50. The van der Waals surface area contributed by atoms with Crippen LogP contribution in [0.4, 0.5) is 26.3 Å². The largest absolute Gasteiger partial charge is 0.470 e. The number of nitrogens with zero attached hydrogens (tertiary/aromatic N) is 6. The molecule has 1 aliphatic rings. The van der Waals surface area contributed by atoms with Crippen LogP contribution in [0.25, 0.3) is 16.9 Å². The monoisotopic (exact) mass is 538 g/mol. The second kappa shape index (κ2) is 8.86. The van der Waals surface area contributed by atoms with Gasteiger partial charge in [-0.15, -0.1) is 10.2 Å². The van der Waals surface area contributed by atoms with Crippen LogP contribution in [0.5, 0.6) is 5.88 Å². The Morgan fingerprint density at radius 3 is 2.39 bits per heavy atom. The van der Waals surface area contributed by atoms with Crippen molar-refractivity contribution in [2.75, 3.05) is 25.4 Å². The summed E-state index contributed by atoms with van der Waals surface area (Å²) in [6.45, 7) is -0.984. The van der Waals surface area contributed by atoms with Crippen LogP contribution in [0.15, 0.2) is 29.4 Å². The molecule has 3 aromatic rings. The highest BCUT2D eigenvalue weighted by Crippen LogP contribution is 2.36. The molecule has 17 heteroatoms. The first-order chi connectivity index (χ1) is 16.7. The van der Waals surface area contributed by atoms with E-state index in [1.807, 2.05) is 0 Å². The number of halogens is 6. The summed E-state index contributed by atoms with van der Waals surface area (Å²) in [5, 5.41) is 10.6. The van der Waals surface area contributed by atoms with E-state index in [0.717, 1.165) is 16.6 Å². The van der Waals surface area contributed by atoms with Gasteiger partial charge in [0.15, 0.2) is 27.1 Å². The van der Waals surface area contributed by atoms with Crippen LogP contribution < -0.4 is 4.74 Å². The fraction of sp³-hybridized carbons (Fsp3) is 0.421. The van der Waals surface area contributed by atoms with E-state index in [0.29, 0.717) is 0 Å². The predicted octanol–water partition coefficient (Wildman–Crippen LogP) is 2.35. The van der Waals surface area contributed by atoms with Crippen molar-refractivity contribution in [2.24, 2.45) is 0 Å². The molecule has 0 atom stereocenters. The summed E-state index contributed by atoms with van der Waals surface area (Å²) in [6, 6.07) is 3.25. The summed E-state index contributed by atoms with van der Waals surface area (Å²) in [6.07, 6.45) is -5.81. The summed E-state index contributed by atoms with van der Waals surface area (Å²) >= 11 is 0. The van der Waals surface area contributed by atoms with Gasteiger partial charge in [0.1, 0.15) is 17.6 Å². The van der Waals surface area contributed by atoms with Gasteiger partial charge >= 0.3 is 12.1 Å². The fourth-order valence-corrected chi connectivity index (χ4v) is 4.18. The minimum atomic E-state index is -5.83. The Kier molecular flexibility index (Phi) is 6.30. The molecule has 3 aromatic heterocycles. The van der Waals surface area contributed by atoms with Crippen LogP contribution in [-0.2, 0) is 9.84 Å². The molecule has 1 fully saturated rings. The van der Waals surface area contributed by atoms with Crippen molar-refractivity contribution in [1.29, 1.82) is 0 Å². The third-order valence-electron chi connectivity index (χ3n) is 5.22. The molecule has 1 amide bonds. The number of sulfone groups is 1. The van der Waals surface area contributed by atoms with Crippen molar-refractivity contribution in [1.82, 2.24) is 29.7 Å². The van der Waals surface area contributed by atoms with E-state index < -0.39 is 57.3 Å². The summed E-state index contributed by atoms with van der Waals surface area (Å²) < 4.78 is 107. The second-order valence-electron chi connectivity index (χ2n) is 7.70. The molecule has 1 saturated heterocycles. The van der Waals surface area contributed by atoms with Crippen molar-refractivity contribution in [3.63, 3.8) is 0 Å². The van der Waals surface area contributed by atoms with E-state index >= 15 is 0 Å². The Labute approximate surface area is 198 Å². The highest BCUT2D eigenvalue weighted by Gasteiger charge is 2.58. The maximum atomic E-state index is 13.2. The molecular formula is C19H16F6N6O4S. The number of likely N-dealkylation sites (tertiary alicyclic amines) is 1. The fourth-order valence-electron chi connectivity index (χ4n) is 3.20. The first kappa shape index (κ1) is 25.6. The third kappa shape index (κ3) is 4.54. The van der Waals surface area contributed by atoms with Gasteiger partial charge < -0.3 is 9.64 Å². The number of hydrogen-bond donors (Lipinski definition) is 0. The van der Waals surface area contributed by atoms with Crippen LogP contribution in [0.1, 0.15) is 17.4 Å². The molecule has 36 heavy (non-hydrogen) atoms. The Morgan fingerprint density at radius 2 is 1.83 bits per heavy atom. The van der Waals surface area contributed by atoms with E-state index in [2.05, 4.69) is 25.0 Å². The van der Waals surface area contributed by atoms with Crippen LogP contribution in [-0.4, -0.2) is 87.7 Å². The van der Waals surface area contributed by atoms with Gasteiger partial charge in [0.05, 0.1) is 24.4 Å². The second-order valence-corrected chi connectivity index (χ2v) is 9.90. The molecule has 0 unspecified atom stereocenters. The van der Waals surface area contributed by atoms with Gasteiger partial charge in [-0.2, -0.15) is 27.1 Å². The molecule has 0 bridgehead atoms. The maximum Gasteiger partial charge on any atom is 0.456 e. The zero-order chi connectivity index (χ0) is 26.5. The molecular weight excluding hydrogens is 522 g/mol. The lowest BCUT2D eigenvalue weighted by Gasteiger charge is -2.34. The van der Waals surface area contributed by atoms with E-state index in [1.165, 1.54) is 24.1 Å². The van der Waals surface area contributed by atoms with Gasteiger partial charge in [0.2, 0.25) is 5.88 Å². The number of aromatic nitrogens is 5. The first-order valence-electron chi connectivity index (χ1n) is 10.2. The number of rotatable bonds is 7. The SMILES string of the molecule is CCS(=O)(=O)c1nn2c(C(=O)N3CC(F)C3)ccnc2c1-c1ccc(OCC(F)(F)C(F)(F)F)nn1. The number of ether oxygens (including phenoxy) is 1. The molecule has 0 N–H and O–H groups in total. The van der Waals surface area contributed by atoms with Crippen LogP contribution in [0.2, 0.25) is 0 Å². The number of amides is 1. The maximum absolute atomic E-state index is 13.2. The Bertz CT molecular complexity index is 1400. The van der Waals surface area contributed by atoms with Gasteiger partial charge in [-0.05, 0) is 12.1 Å². The minimum absolute atomic E-state index is 0.104. The van der Waals surface area contributed by atoms with Gasteiger partial charge in [-0.25, -0.2) is 22.3 Å². The molecule has 4 rings (SSSR count). The van der Waals surface area contributed by atoms with Gasteiger partial charge in [0, 0.05) is 12.3 Å². The standard InChI is InChI=1S/C19H16F6N6O4S/c1-2-36(33,34)16-14(11-3-4-13(28-27-11)35-9-18(21,22)19(23,24)25)15-26-6-5-12(31(15)29-16)17(32)30-7-10(20)8-30/h3-6,10H,2,7-9H2,1H3. The van der Waals surface area contributed by atoms with Crippen molar-refractivity contribution in [2.45, 2.75) is 30.2 Å². The summed E-state index contributed by atoms with van der Waals surface area (Å²) in [5.74, 6) is -6.83. The number of carbonyl (C=O) groups excluding carboxylic acids is 1. The average Bonchev–Trinajstić information content (AvgIpc) is 3.20. The smallest absolute Gasteiger partial charge is 0.456 e. The Balaban J connectivity index is 1.74. The zero-order valence-corrected chi connectivity index (χ0v) is 19.0. The minimum Gasteiger partial charge on any atom is -0.470 e. The van der Waals surface area contributed by atoms with Gasteiger partial charge in [-0.3, -0.25) is 4.79 Å². The molecule has 0 radical (unpaired) electrons. The van der Waals surface area contributed by atoms with Crippen LogP contribution in [0.3, 0.4) is 0 Å². The summed E-state index contributed by atoms with van der Waals surface area (Å²) in [7, 11) is -4.04. The van der Waals surface area contributed by atoms with E-state index in [1.54, 1.807) is 0 Å². The molecule has 0 saturated carbocycles. The zero-order valence-electron chi connectivity index (χ0n) is 18.2. The van der Waals surface area contributed by atoms with Crippen molar-refractivity contribution in [3.8, 4) is 17.1 Å². The van der Waals surface area contributed by atoms with Crippen molar-refractivity contribution in [3.05, 3.63) is 30.1 Å². The molecule has 0 spiro atoms. The van der Waals surface area contributed by atoms with Crippen LogP contribution >= 0.6 is 0 Å². The van der Waals surface area contributed by atoms with E-state index in [-0.39, 0.29) is 35.7 Å². The normalized spacial score (nSPS) is 15.2. The molecule has 10 nitrogen and oxygen atoms in total. The van der Waals surface area contributed by atoms with Crippen molar-refractivity contribution >= 4 is 21.4 Å². The lowest BCUT2D eigenvalue weighted by molar-refractivity contribution is -0.290. The lowest BCUT2D eigenvalue weighted by Crippen LogP contribution is -2.51. The molecule has 1 aliphatic heterocycles. The predicted molar refractivity (Wildman–Crippen MR) is 109 cm³/mol. The molecule has 0 aliphatic carbocycles. The lowest BCUT2D eigenvalue weighted by atomic mass is 10.1. The Morgan fingerprint density at radius 1 is 1.14 bits per heavy atom. The number of fused-ring (bicyclic) bond motifs is 1. The number of hydrogen-bond acceptors (Lipinski definition) is 8. The highest BCUT2D eigenvalue weighted by atomic mass is 32.2. The van der Waals surface area contributed by atoms with E-state index in [9.17, 15) is 39.6 Å².